The molecule has 2 aliphatic heterocycles. The lowest BCUT2D eigenvalue weighted by Crippen LogP contribution is -2.37. The Kier molecular flexibility index (Phi) is 5.18. The van der Waals surface area contributed by atoms with Gasteiger partial charge in [0.05, 0.1) is 65.9 Å². The van der Waals surface area contributed by atoms with Crippen LogP contribution in [-0.2, 0) is 10.3 Å². The molecule has 2 atom stereocenters. The number of amides is 1. The van der Waals surface area contributed by atoms with Gasteiger partial charge in [-0.15, -0.1) is 0 Å². The number of nitrogens with zero attached hydrogens (tertiary/aromatic N) is 6. The zero-order chi connectivity index (χ0) is 25.2. The fraction of sp³-hybridized carbons (Fsp3) is 0.462. The minimum atomic E-state index is -0.296. The number of ether oxygens (including phenoxy) is 2. The number of anilines is 2. The minimum Gasteiger partial charge on any atom is -0.489 e. The molecule has 188 valence electrons. The predicted octanol–water partition coefficient (Wildman–Crippen LogP) is 3.85. The van der Waals surface area contributed by atoms with Crippen LogP contribution in [0.1, 0.15) is 51.4 Å². The van der Waals surface area contributed by atoms with Gasteiger partial charge in [-0.2, -0.15) is 10.2 Å². The van der Waals surface area contributed by atoms with Crippen molar-refractivity contribution in [1.29, 1.82) is 0 Å². The summed E-state index contributed by atoms with van der Waals surface area (Å²) in [5.74, 6) is 0.276. The van der Waals surface area contributed by atoms with E-state index in [0.717, 1.165) is 36.2 Å². The van der Waals surface area contributed by atoms with E-state index in [9.17, 15) is 4.79 Å². The maximum Gasteiger partial charge on any atom is 0.261 e. The van der Waals surface area contributed by atoms with Crippen molar-refractivity contribution in [2.45, 2.75) is 64.8 Å². The van der Waals surface area contributed by atoms with Crippen molar-refractivity contribution in [3.8, 4) is 5.75 Å². The van der Waals surface area contributed by atoms with Crippen LogP contribution in [0.5, 0.6) is 5.75 Å². The molecule has 1 aromatic carbocycles. The number of fused-ring (bicyclic) bond motifs is 4. The smallest absolute Gasteiger partial charge is 0.261 e. The van der Waals surface area contributed by atoms with Gasteiger partial charge in [0.1, 0.15) is 11.3 Å². The Morgan fingerprint density at radius 1 is 1.22 bits per heavy atom. The van der Waals surface area contributed by atoms with Gasteiger partial charge in [0, 0.05) is 24.2 Å². The number of aromatic nitrogens is 5. The van der Waals surface area contributed by atoms with E-state index >= 15 is 0 Å². The van der Waals surface area contributed by atoms with Gasteiger partial charge in [0.15, 0.2) is 5.65 Å². The van der Waals surface area contributed by atoms with E-state index in [2.05, 4.69) is 41.1 Å². The van der Waals surface area contributed by atoms with Gasteiger partial charge in [-0.25, -0.2) is 9.50 Å². The molecular formula is C26H31N7O3. The number of carbonyl (C=O) groups is 1. The highest BCUT2D eigenvalue weighted by molar-refractivity contribution is 6.09. The van der Waals surface area contributed by atoms with Crippen LogP contribution in [0.15, 0.2) is 36.9 Å². The largest absolute Gasteiger partial charge is 0.489 e. The molecule has 10 heteroatoms. The van der Waals surface area contributed by atoms with Crippen LogP contribution >= 0.6 is 0 Å². The van der Waals surface area contributed by atoms with Crippen molar-refractivity contribution < 1.29 is 14.3 Å². The van der Waals surface area contributed by atoms with E-state index in [1.165, 1.54) is 0 Å². The lowest BCUT2D eigenvalue weighted by atomic mass is 10.1. The number of rotatable bonds is 5. The van der Waals surface area contributed by atoms with E-state index in [1.54, 1.807) is 10.7 Å². The van der Waals surface area contributed by atoms with Crippen molar-refractivity contribution >= 4 is 33.8 Å². The Labute approximate surface area is 209 Å². The number of carbonyl (C=O) groups excluding carboxylic acids is 1. The Hall–Kier alpha value is -3.66. The summed E-state index contributed by atoms with van der Waals surface area (Å²) in [7, 11) is 0. The molecule has 36 heavy (non-hydrogen) atoms. The second-order valence-corrected chi connectivity index (χ2v) is 10.9. The number of morpholine rings is 1. The maximum atomic E-state index is 13.4. The zero-order valence-electron chi connectivity index (χ0n) is 21.2. The molecular weight excluding hydrogens is 458 g/mol. The molecule has 2 aliphatic rings. The normalized spacial score (nSPS) is 19.7. The van der Waals surface area contributed by atoms with E-state index < -0.39 is 0 Å². The molecule has 4 aromatic rings. The molecule has 2 unspecified atom stereocenters. The monoisotopic (exact) mass is 489 g/mol. The van der Waals surface area contributed by atoms with Gasteiger partial charge in [-0.3, -0.25) is 9.48 Å². The van der Waals surface area contributed by atoms with Gasteiger partial charge < -0.3 is 19.7 Å². The number of nitrogens with one attached hydrogen (secondary N) is 1. The minimum absolute atomic E-state index is 0.0638. The first kappa shape index (κ1) is 22.8. The first-order valence-corrected chi connectivity index (χ1v) is 12.4. The summed E-state index contributed by atoms with van der Waals surface area (Å²) in [6, 6.07) is 4.16. The molecule has 0 radical (unpaired) electrons. The molecule has 2 bridgehead atoms. The Morgan fingerprint density at radius 2 is 2.06 bits per heavy atom. The Balaban J connectivity index is 1.30. The first-order chi connectivity index (χ1) is 17.2. The molecule has 5 heterocycles. The predicted molar refractivity (Wildman–Crippen MR) is 137 cm³/mol. The summed E-state index contributed by atoms with van der Waals surface area (Å²) < 4.78 is 15.3. The number of hydrogen-bond donors (Lipinski definition) is 1. The highest BCUT2D eigenvalue weighted by atomic mass is 16.5. The molecule has 6 rings (SSSR count). The summed E-state index contributed by atoms with van der Waals surface area (Å²) in [6.07, 6.45) is 8.56. The number of benzene rings is 1. The van der Waals surface area contributed by atoms with Gasteiger partial charge in [0.25, 0.3) is 5.91 Å². The summed E-state index contributed by atoms with van der Waals surface area (Å²) in [5.41, 5.74) is 3.12. The highest BCUT2D eigenvalue weighted by Crippen LogP contribution is 2.34. The summed E-state index contributed by atoms with van der Waals surface area (Å²) in [6.45, 7) is 11.8. The molecule has 0 spiro atoms. The van der Waals surface area contributed by atoms with Crippen molar-refractivity contribution in [3.05, 3.63) is 42.5 Å². The van der Waals surface area contributed by atoms with Crippen LogP contribution in [0.4, 0.5) is 11.4 Å². The average Bonchev–Trinajstić information content (AvgIpc) is 3.60. The Bertz CT molecular complexity index is 1470. The van der Waals surface area contributed by atoms with Gasteiger partial charge in [0.2, 0.25) is 0 Å². The lowest BCUT2D eigenvalue weighted by molar-refractivity contribution is 0.0991. The number of hydrogen-bond acceptors (Lipinski definition) is 7. The first-order valence-electron chi connectivity index (χ1n) is 12.4. The topological polar surface area (TPSA) is 98.8 Å². The maximum absolute atomic E-state index is 13.4. The van der Waals surface area contributed by atoms with Crippen LogP contribution in [0.2, 0.25) is 0 Å². The fourth-order valence-corrected chi connectivity index (χ4v) is 4.92. The van der Waals surface area contributed by atoms with Crippen LogP contribution in [0.25, 0.3) is 16.6 Å². The summed E-state index contributed by atoms with van der Waals surface area (Å²) in [4.78, 5) is 20.3. The standard InChI is InChI=1S/C26H31N7O3/c1-15(2)36-23-8-21-16(11-33(30-21)26(3,4)5)6-22(23)29-25(34)20-10-28-32-12-18(9-27-24(20)32)31-13-19-7-17(31)14-35-19/h6,8-12,15,17,19H,7,13-14H2,1-5H3,(H,29,34). The summed E-state index contributed by atoms with van der Waals surface area (Å²) in [5, 5.41) is 13.1. The molecule has 1 N–H and O–H groups in total. The Morgan fingerprint density at radius 3 is 2.75 bits per heavy atom. The summed E-state index contributed by atoms with van der Waals surface area (Å²) >= 11 is 0. The third-order valence-corrected chi connectivity index (χ3v) is 6.72. The van der Waals surface area contributed by atoms with E-state index in [4.69, 9.17) is 14.6 Å². The van der Waals surface area contributed by atoms with Crippen molar-refractivity contribution in [1.82, 2.24) is 24.4 Å². The van der Waals surface area contributed by atoms with Crippen molar-refractivity contribution in [2.24, 2.45) is 0 Å². The van der Waals surface area contributed by atoms with Crippen LogP contribution in [0, 0.1) is 0 Å². The van der Waals surface area contributed by atoms with Crippen LogP contribution in [-0.4, -0.2) is 61.7 Å². The second-order valence-electron chi connectivity index (χ2n) is 10.9. The molecule has 1 amide bonds. The zero-order valence-corrected chi connectivity index (χ0v) is 21.2. The van der Waals surface area contributed by atoms with Crippen LogP contribution in [0.3, 0.4) is 0 Å². The quantitative estimate of drug-likeness (QED) is 0.455. The van der Waals surface area contributed by atoms with Gasteiger partial charge in [-0.1, -0.05) is 0 Å². The molecule has 0 saturated carbocycles. The molecule has 10 nitrogen and oxygen atoms in total. The molecule has 3 aromatic heterocycles. The SMILES string of the molecule is CC(C)Oc1cc2nn(C(C)(C)C)cc2cc1NC(=O)c1cnn2cc(N3CC4CC3CO4)cnc12. The lowest BCUT2D eigenvalue weighted by Gasteiger charge is -2.28. The molecule has 0 aliphatic carbocycles. The van der Waals surface area contributed by atoms with Gasteiger partial charge in [-0.05, 0) is 47.1 Å². The third-order valence-electron chi connectivity index (χ3n) is 6.72. The van der Waals surface area contributed by atoms with E-state index in [-0.39, 0.29) is 17.6 Å². The van der Waals surface area contributed by atoms with Crippen molar-refractivity contribution in [3.63, 3.8) is 0 Å². The van der Waals surface area contributed by atoms with Gasteiger partial charge >= 0.3 is 0 Å². The second kappa shape index (κ2) is 8.19. The van der Waals surface area contributed by atoms with E-state index in [1.807, 2.05) is 49.3 Å². The average molecular weight is 490 g/mol. The fourth-order valence-electron chi connectivity index (χ4n) is 4.92. The van der Waals surface area contributed by atoms with E-state index in [0.29, 0.717) is 34.8 Å². The molecule has 2 fully saturated rings. The third kappa shape index (κ3) is 3.95. The van der Waals surface area contributed by atoms with Crippen molar-refractivity contribution in [2.75, 3.05) is 23.4 Å². The highest BCUT2D eigenvalue weighted by Gasteiger charge is 2.39. The molecule has 2 saturated heterocycles. The van der Waals surface area contributed by atoms with Crippen LogP contribution < -0.4 is 15.0 Å².